The van der Waals surface area contributed by atoms with Crippen LogP contribution in [-0.2, 0) is 16.0 Å². The van der Waals surface area contributed by atoms with Crippen molar-refractivity contribution in [2.75, 3.05) is 13.2 Å². The highest BCUT2D eigenvalue weighted by molar-refractivity contribution is 5.87. The van der Waals surface area contributed by atoms with Gasteiger partial charge in [0.05, 0.1) is 18.8 Å². The first-order valence-electron chi connectivity index (χ1n) is 10.2. The first-order chi connectivity index (χ1) is 12.6. The van der Waals surface area contributed by atoms with Crippen LogP contribution in [0.15, 0.2) is 36.4 Å². The molecule has 2 rings (SSSR count). The minimum absolute atomic E-state index is 0.102. The molecule has 0 spiro atoms. The molecule has 1 aliphatic rings. The summed E-state index contributed by atoms with van der Waals surface area (Å²) in [7, 11) is 0. The van der Waals surface area contributed by atoms with Gasteiger partial charge in [0.25, 0.3) is 0 Å². The first-order valence-corrected chi connectivity index (χ1v) is 10.2. The van der Waals surface area contributed by atoms with Crippen molar-refractivity contribution in [3.63, 3.8) is 0 Å². The summed E-state index contributed by atoms with van der Waals surface area (Å²) in [5.74, 6) is 1.14. The van der Waals surface area contributed by atoms with Gasteiger partial charge in [0.15, 0.2) is 0 Å². The summed E-state index contributed by atoms with van der Waals surface area (Å²) in [6, 6.07) is 8.78. The maximum Gasteiger partial charge on any atom is 0.335 e. The minimum Gasteiger partial charge on any atom is -0.462 e. The molecule has 0 heterocycles. The van der Waals surface area contributed by atoms with E-state index >= 15 is 0 Å². The predicted molar refractivity (Wildman–Crippen MR) is 106 cm³/mol. The van der Waals surface area contributed by atoms with Gasteiger partial charge < -0.3 is 9.84 Å². The Morgan fingerprint density at radius 2 is 1.85 bits per heavy atom. The third-order valence-electron chi connectivity index (χ3n) is 5.62. The Morgan fingerprint density at radius 3 is 2.46 bits per heavy atom. The zero-order chi connectivity index (χ0) is 18.8. The Bertz CT molecular complexity index is 553. The molecule has 1 fully saturated rings. The van der Waals surface area contributed by atoms with E-state index in [2.05, 4.69) is 37.8 Å². The molecule has 1 aromatic carbocycles. The van der Waals surface area contributed by atoms with Crippen molar-refractivity contribution in [1.82, 2.24) is 0 Å². The molecule has 1 aliphatic carbocycles. The van der Waals surface area contributed by atoms with E-state index in [1.807, 2.05) is 0 Å². The molecule has 3 heteroatoms. The number of aliphatic hydroxyl groups is 1. The van der Waals surface area contributed by atoms with E-state index in [0.717, 1.165) is 5.92 Å². The van der Waals surface area contributed by atoms with Crippen LogP contribution in [0.3, 0.4) is 0 Å². The van der Waals surface area contributed by atoms with Crippen molar-refractivity contribution >= 4 is 5.97 Å². The van der Waals surface area contributed by atoms with Crippen molar-refractivity contribution in [2.45, 2.75) is 70.6 Å². The largest absolute Gasteiger partial charge is 0.462 e. The SMILES string of the molecule is C=C(CO)C(=O)OCCc1ccc(C2CCC(CCCCC)CC2)cc1. The molecule has 144 valence electrons. The molecular formula is C23H34O3. The fraction of sp³-hybridized carbons (Fsp3) is 0.609. The molecule has 0 amide bonds. The molecule has 3 nitrogen and oxygen atoms in total. The topological polar surface area (TPSA) is 46.5 Å². The Morgan fingerprint density at radius 1 is 1.15 bits per heavy atom. The van der Waals surface area contributed by atoms with Gasteiger partial charge in [0.1, 0.15) is 0 Å². The highest BCUT2D eigenvalue weighted by atomic mass is 16.5. The summed E-state index contributed by atoms with van der Waals surface area (Å²) in [5.41, 5.74) is 2.72. The zero-order valence-corrected chi connectivity index (χ0v) is 16.2. The van der Waals surface area contributed by atoms with Crippen LogP contribution in [0.5, 0.6) is 0 Å². The van der Waals surface area contributed by atoms with Crippen molar-refractivity contribution < 1.29 is 14.6 Å². The number of hydrogen-bond acceptors (Lipinski definition) is 3. The molecule has 26 heavy (non-hydrogen) atoms. The molecule has 0 aliphatic heterocycles. The first kappa shape index (κ1) is 20.7. The van der Waals surface area contributed by atoms with Crippen LogP contribution >= 0.6 is 0 Å². The predicted octanol–water partition coefficient (Wildman–Crippen LogP) is 5.17. The highest BCUT2D eigenvalue weighted by Crippen LogP contribution is 2.37. The quantitative estimate of drug-likeness (QED) is 0.356. The molecular weight excluding hydrogens is 324 g/mol. The Kier molecular flexibility index (Phi) is 8.90. The number of benzene rings is 1. The van der Waals surface area contributed by atoms with Crippen molar-refractivity contribution in [2.24, 2.45) is 5.92 Å². The highest BCUT2D eigenvalue weighted by Gasteiger charge is 2.21. The fourth-order valence-electron chi connectivity index (χ4n) is 3.85. The van der Waals surface area contributed by atoms with Gasteiger partial charge in [-0.1, -0.05) is 63.5 Å². The van der Waals surface area contributed by atoms with Crippen LogP contribution in [0, 0.1) is 5.92 Å². The molecule has 0 bridgehead atoms. The van der Waals surface area contributed by atoms with Gasteiger partial charge in [-0.05, 0) is 48.6 Å². The molecule has 1 aromatic rings. The smallest absolute Gasteiger partial charge is 0.335 e. The summed E-state index contributed by atoms with van der Waals surface area (Å²) >= 11 is 0. The normalized spacial score (nSPS) is 19.9. The third-order valence-corrected chi connectivity index (χ3v) is 5.62. The Labute approximate surface area is 158 Å². The van der Waals surface area contributed by atoms with Crippen molar-refractivity contribution in [3.05, 3.63) is 47.5 Å². The third kappa shape index (κ3) is 6.60. The molecule has 1 N–H and O–H groups in total. The van der Waals surface area contributed by atoms with Gasteiger partial charge in [0, 0.05) is 6.42 Å². The fourth-order valence-corrected chi connectivity index (χ4v) is 3.85. The van der Waals surface area contributed by atoms with E-state index < -0.39 is 5.97 Å². The number of carbonyl (C=O) groups excluding carboxylic acids is 1. The van der Waals surface area contributed by atoms with Crippen molar-refractivity contribution in [3.8, 4) is 0 Å². The number of hydrogen-bond donors (Lipinski definition) is 1. The summed E-state index contributed by atoms with van der Waals surface area (Å²) in [5, 5.41) is 8.85. The van der Waals surface area contributed by atoms with E-state index in [0.29, 0.717) is 18.9 Å². The van der Waals surface area contributed by atoms with Gasteiger partial charge in [0.2, 0.25) is 0 Å². The lowest BCUT2D eigenvalue weighted by atomic mass is 9.77. The number of aliphatic hydroxyl groups excluding tert-OH is 1. The van der Waals surface area contributed by atoms with Gasteiger partial charge in [-0.15, -0.1) is 0 Å². The lowest BCUT2D eigenvalue weighted by molar-refractivity contribution is -0.139. The second-order valence-electron chi connectivity index (χ2n) is 7.60. The van der Waals surface area contributed by atoms with E-state index in [4.69, 9.17) is 9.84 Å². The van der Waals surface area contributed by atoms with Gasteiger partial charge >= 0.3 is 5.97 Å². The van der Waals surface area contributed by atoms with E-state index in [9.17, 15) is 4.79 Å². The number of rotatable bonds is 10. The van der Waals surface area contributed by atoms with Crippen LogP contribution in [0.2, 0.25) is 0 Å². The van der Waals surface area contributed by atoms with E-state index in [1.165, 1.54) is 62.5 Å². The average Bonchev–Trinajstić information content (AvgIpc) is 2.68. The van der Waals surface area contributed by atoms with Gasteiger partial charge in [-0.2, -0.15) is 0 Å². The minimum atomic E-state index is -0.514. The summed E-state index contributed by atoms with van der Waals surface area (Å²) in [6.45, 7) is 5.70. The van der Waals surface area contributed by atoms with Crippen LogP contribution < -0.4 is 0 Å². The maximum atomic E-state index is 11.5. The average molecular weight is 359 g/mol. The summed E-state index contributed by atoms with van der Waals surface area (Å²) in [4.78, 5) is 11.5. The molecule has 0 saturated heterocycles. The molecule has 0 aromatic heterocycles. The summed E-state index contributed by atoms with van der Waals surface area (Å²) in [6.07, 6.45) is 11.6. The van der Waals surface area contributed by atoms with Gasteiger partial charge in [-0.3, -0.25) is 0 Å². The van der Waals surface area contributed by atoms with Crippen LogP contribution in [-0.4, -0.2) is 24.3 Å². The van der Waals surface area contributed by atoms with Crippen LogP contribution in [0.4, 0.5) is 0 Å². The zero-order valence-electron chi connectivity index (χ0n) is 16.2. The van der Waals surface area contributed by atoms with Crippen LogP contribution in [0.25, 0.3) is 0 Å². The number of esters is 1. The monoisotopic (exact) mass is 358 g/mol. The van der Waals surface area contributed by atoms with Gasteiger partial charge in [-0.25, -0.2) is 4.79 Å². The van der Waals surface area contributed by atoms with Crippen LogP contribution in [0.1, 0.15) is 75.3 Å². The van der Waals surface area contributed by atoms with Crippen molar-refractivity contribution in [1.29, 1.82) is 0 Å². The number of unbranched alkanes of at least 4 members (excludes halogenated alkanes) is 2. The number of ether oxygens (including phenoxy) is 1. The van der Waals surface area contributed by atoms with E-state index in [1.54, 1.807) is 0 Å². The standard InChI is InChI=1S/C23H34O3/c1-3-4-5-6-19-7-11-21(12-8-19)22-13-9-20(10-14-22)15-16-26-23(25)18(2)17-24/h9-10,13-14,19,21,24H,2-8,11-12,15-17H2,1H3. The number of carbonyl (C=O) groups is 1. The summed E-state index contributed by atoms with van der Waals surface area (Å²) < 4.78 is 5.10. The lowest BCUT2D eigenvalue weighted by Crippen LogP contribution is -2.13. The van der Waals surface area contributed by atoms with E-state index in [-0.39, 0.29) is 12.2 Å². The second kappa shape index (κ2) is 11.2. The molecule has 1 saturated carbocycles. The second-order valence-corrected chi connectivity index (χ2v) is 7.60. The Hall–Kier alpha value is -1.61. The molecule has 0 unspecified atom stereocenters. The molecule has 0 atom stereocenters. The Balaban J connectivity index is 1.72. The molecule has 0 radical (unpaired) electrons. The lowest BCUT2D eigenvalue weighted by Gasteiger charge is -2.29. The maximum absolute atomic E-state index is 11.5.